The van der Waals surface area contributed by atoms with Crippen molar-refractivity contribution in [2.45, 2.75) is 24.7 Å². The van der Waals surface area contributed by atoms with E-state index >= 15 is 0 Å². The Morgan fingerprint density at radius 1 is 1.41 bits per heavy atom. The van der Waals surface area contributed by atoms with E-state index in [2.05, 4.69) is 29.7 Å². The number of nitrogens with one attached hydrogen (secondary N) is 2. The van der Waals surface area contributed by atoms with Gasteiger partial charge in [0.2, 0.25) is 5.78 Å². The van der Waals surface area contributed by atoms with E-state index in [9.17, 15) is 23.4 Å². The molecule has 0 bridgehead atoms. The van der Waals surface area contributed by atoms with Crippen molar-refractivity contribution in [1.29, 1.82) is 0 Å². The van der Waals surface area contributed by atoms with Gasteiger partial charge in [-0.15, -0.1) is 0 Å². The van der Waals surface area contributed by atoms with Crippen molar-refractivity contribution in [3.05, 3.63) is 36.0 Å². The van der Waals surface area contributed by atoms with E-state index in [-0.39, 0.29) is 30.1 Å². The zero-order chi connectivity index (χ0) is 19.6. The Labute approximate surface area is 154 Å². The van der Waals surface area contributed by atoms with Gasteiger partial charge in [0.1, 0.15) is 23.9 Å². The van der Waals surface area contributed by atoms with Gasteiger partial charge in [0.25, 0.3) is 0 Å². The van der Waals surface area contributed by atoms with Crippen LogP contribution in [0.2, 0.25) is 0 Å². The van der Waals surface area contributed by atoms with Crippen molar-refractivity contribution in [2.75, 3.05) is 11.9 Å². The molecule has 0 saturated heterocycles. The Kier molecular flexibility index (Phi) is 5.48. The van der Waals surface area contributed by atoms with Crippen LogP contribution in [-0.2, 0) is 14.5 Å². The minimum atomic E-state index is -4.16. The maximum Gasteiger partial charge on any atom is 0.333 e. The molecule has 1 saturated carbocycles. The Balaban J connectivity index is 1.75. The van der Waals surface area contributed by atoms with E-state index in [0.717, 1.165) is 0 Å². The van der Waals surface area contributed by atoms with Crippen LogP contribution >= 0.6 is 0 Å². The van der Waals surface area contributed by atoms with Gasteiger partial charge in [0, 0.05) is 18.3 Å². The second kappa shape index (κ2) is 7.66. The minimum absolute atomic E-state index is 0.135. The highest BCUT2D eigenvalue weighted by atomic mass is 32.2. The summed E-state index contributed by atoms with van der Waals surface area (Å²) in [6, 6.07) is 0.795. The lowest BCUT2D eigenvalue weighted by Crippen LogP contribution is -2.36. The number of hydrogen-bond donors (Lipinski definition) is 5. The molecular formula is C14H18N6O6S. The zero-order valence-electron chi connectivity index (χ0n) is 13.9. The number of ketones is 1. The van der Waals surface area contributed by atoms with Crippen LogP contribution in [0.25, 0.3) is 0 Å². The monoisotopic (exact) mass is 398 g/mol. The molecule has 1 aliphatic rings. The lowest BCUT2D eigenvalue weighted by atomic mass is 10.1. The van der Waals surface area contributed by atoms with Crippen molar-refractivity contribution in [2.24, 2.45) is 11.1 Å². The van der Waals surface area contributed by atoms with Crippen molar-refractivity contribution >= 4 is 21.9 Å². The quantitative estimate of drug-likeness (QED) is 0.331. The molecule has 6 N–H and O–H groups in total. The third-order valence-electron chi connectivity index (χ3n) is 4.26. The molecule has 13 heteroatoms. The highest BCUT2D eigenvalue weighted by molar-refractivity contribution is 7.84. The number of nitrogens with two attached hydrogens (primary N) is 1. The molecule has 0 aromatic carbocycles. The summed E-state index contributed by atoms with van der Waals surface area (Å²) >= 11 is 0. The molecule has 2 aromatic heterocycles. The van der Waals surface area contributed by atoms with E-state index in [1.807, 2.05) is 0 Å². The first kappa shape index (κ1) is 19.3. The van der Waals surface area contributed by atoms with Crippen LogP contribution in [0.15, 0.2) is 24.8 Å². The van der Waals surface area contributed by atoms with Gasteiger partial charge in [-0.1, -0.05) is 0 Å². The standard InChI is InChI=1S/C14H18N6O6S/c15-27(24,25)26-5-7-3-10(13(23)11(7)21)19-14-8(4-16-6-17-14)12(22)9-1-2-18-20-9/h1-2,4,6-7,10-11,13,21,23H,3,5H2,(H,18,20)(H2,15,24,25)(H,16,17,19)/t7-,10-,11-,13+/m1/s1. The van der Waals surface area contributed by atoms with Crippen LogP contribution in [0.5, 0.6) is 0 Å². The summed E-state index contributed by atoms with van der Waals surface area (Å²) in [6.07, 6.45) is 1.73. The normalized spacial score (nSPS) is 25.4. The number of aliphatic hydroxyl groups excluding tert-OH is 2. The summed E-state index contributed by atoms with van der Waals surface area (Å²) in [5, 5.41) is 34.4. The molecule has 4 atom stereocenters. The number of aromatic nitrogens is 4. The van der Waals surface area contributed by atoms with E-state index in [4.69, 9.17) is 5.14 Å². The van der Waals surface area contributed by atoms with Crippen molar-refractivity contribution < 1.29 is 27.6 Å². The number of nitrogens with zero attached hydrogens (tertiary/aromatic N) is 3. The molecule has 0 unspecified atom stereocenters. The van der Waals surface area contributed by atoms with Crippen LogP contribution in [0.1, 0.15) is 22.5 Å². The van der Waals surface area contributed by atoms with Crippen molar-refractivity contribution in [3.63, 3.8) is 0 Å². The minimum Gasteiger partial charge on any atom is -0.390 e. The number of aliphatic hydroxyl groups is 2. The van der Waals surface area contributed by atoms with Gasteiger partial charge in [0.15, 0.2) is 0 Å². The van der Waals surface area contributed by atoms with Crippen molar-refractivity contribution in [1.82, 2.24) is 20.2 Å². The van der Waals surface area contributed by atoms with E-state index < -0.39 is 40.3 Å². The summed E-state index contributed by atoms with van der Waals surface area (Å²) in [5.74, 6) is -0.952. The molecule has 0 spiro atoms. The first-order valence-electron chi connectivity index (χ1n) is 7.90. The molecule has 0 radical (unpaired) electrons. The fourth-order valence-electron chi connectivity index (χ4n) is 2.93. The molecule has 146 valence electrons. The van der Waals surface area contributed by atoms with E-state index in [1.54, 1.807) is 0 Å². The van der Waals surface area contributed by atoms with Gasteiger partial charge in [0.05, 0.1) is 24.3 Å². The van der Waals surface area contributed by atoms with E-state index in [1.165, 1.54) is 24.8 Å². The van der Waals surface area contributed by atoms with E-state index in [0.29, 0.717) is 0 Å². The SMILES string of the molecule is NS(=O)(=O)OC[C@H]1C[C@@H](Nc2ncncc2C(=O)c2cc[nH]n2)[C@H](O)[C@@H]1O. The number of H-pyrrole nitrogens is 1. The third kappa shape index (κ3) is 4.45. The average Bonchev–Trinajstić information content (AvgIpc) is 3.24. The summed E-state index contributed by atoms with van der Waals surface area (Å²) in [4.78, 5) is 20.4. The Morgan fingerprint density at radius 3 is 2.85 bits per heavy atom. The predicted octanol–water partition coefficient (Wildman–Crippen LogP) is -1.83. The molecular weight excluding hydrogens is 380 g/mol. The number of aromatic amines is 1. The fourth-order valence-corrected chi connectivity index (χ4v) is 3.29. The molecule has 0 aliphatic heterocycles. The maximum absolute atomic E-state index is 12.5. The molecule has 12 nitrogen and oxygen atoms in total. The van der Waals surface area contributed by atoms with Gasteiger partial charge in [-0.25, -0.2) is 15.1 Å². The molecule has 0 amide bonds. The fraction of sp³-hybridized carbons (Fsp3) is 0.429. The maximum atomic E-state index is 12.5. The zero-order valence-corrected chi connectivity index (χ0v) is 14.7. The second-order valence-electron chi connectivity index (χ2n) is 6.08. The average molecular weight is 398 g/mol. The number of hydrogen-bond acceptors (Lipinski definition) is 10. The molecule has 1 fully saturated rings. The first-order chi connectivity index (χ1) is 12.8. The summed E-state index contributed by atoms with van der Waals surface area (Å²) in [7, 11) is -4.16. The summed E-state index contributed by atoms with van der Waals surface area (Å²) in [6.45, 7) is -0.377. The van der Waals surface area contributed by atoms with Gasteiger partial charge in [-0.05, 0) is 12.5 Å². The van der Waals surface area contributed by atoms with Gasteiger partial charge in [-0.2, -0.15) is 13.5 Å². The number of anilines is 1. The third-order valence-corrected chi connectivity index (χ3v) is 4.73. The molecule has 2 heterocycles. The van der Waals surface area contributed by atoms with Gasteiger partial charge in [-0.3, -0.25) is 14.1 Å². The number of carbonyl (C=O) groups is 1. The van der Waals surface area contributed by atoms with Crippen LogP contribution < -0.4 is 10.5 Å². The molecule has 2 aromatic rings. The van der Waals surface area contributed by atoms with Crippen molar-refractivity contribution in [3.8, 4) is 0 Å². The van der Waals surface area contributed by atoms with Crippen LogP contribution in [0.3, 0.4) is 0 Å². The predicted molar refractivity (Wildman–Crippen MR) is 90.6 cm³/mol. The Hall–Kier alpha value is -2.45. The van der Waals surface area contributed by atoms with Crippen LogP contribution in [0, 0.1) is 5.92 Å². The highest BCUT2D eigenvalue weighted by Crippen LogP contribution is 2.30. The summed E-state index contributed by atoms with van der Waals surface area (Å²) < 4.78 is 26.3. The largest absolute Gasteiger partial charge is 0.390 e. The number of carbonyl (C=O) groups excluding carboxylic acids is 1. The molecule has 3 rings (SSSR count). The second-order valence-corrected chi connectivity index (χ2v) is 7.30. The number of rotatable bonds is 7. The molecule has 1 aliphatic carbocycles. The van der Waals surface area contributed by atoms with Crippen LogP contribution in [0.4, 0.5) is 5.82 Å². The van der Waals surface area contributed by atoms with Crippen LogP contribution in [-0.4, -0.2) is 69.4 Å². The lowest BCUT2D eigenvalue weighted by molar-refractivity contribution is 0.00778. The Morgan fingerprint density at radius 2 is 2.19 bits per heavy atom. The Bertz CT molecular complexity index is 905. The smallest absolute Gasteiger partial charge is 0.333 e. The lowest BCUT2D eigenvalue weighted by Gasteiger charge is -2.19. The summed E-state index contributed by atoms with van der Waals surface area (Å²) in [5.41, 5.74) is 0.301. The molecule has 27 heavy (non-hydrogen) atoms. The first-order valence-corrected chi connectivity index (χ1v) is 9.37. The van der Waals surface area contributed by atoms with Gasteiger partial charge >= 0.3 is 10.3 Å². The highest BCUT2D eigenvalue weighted by Gasteiger charge is 2.42. The van der Waals surface area contributed by atoms with Gasteiger partial charge < -0.3 is 15.5 Å². The topological polar surface area (TPSA) is 193 Å².